The van der Waals surface area contributed by atoms with E-state index in [1.165, 1.54) is 6.07 Å². The predicted octanol–water partition coefficient (Wildman–Crippen LogP) is 3.84. The van der Waals surface area contributed by atoms with Gasteiger partial charge in [0.1, 0.15) is 17.2 Å². The second-order valence-corrected chi connectivity index (χ2v) is 15.3. The number of aromatic nitrogens is 2. The van der Waals surface area contributed by atoms with Crippen molar-refractivity contribution in [1.82, 2.24) is 20.2 Å². The van der Waals surface area contributed by atoms with Crippen molar-refractivity contribution < 1.29 is 28.1 Å². The second-order valence-electron chi connectivity index (χ2n) is 15.3. The summed E-state index contributed by atoms with van der Waals surface area (Å²) in [7, 11) is 0. The van der Waals surface area contributed by atoms with Crippen molar-refractivity contribution >= 4 is 16.7 Å². The molecular formula is C38H43F2N5O4. The van der Waals surface area contributed by atoms with E-state index in [1.807, 2.05) is 13.0 Å². The summed E-state index contributed by atoms with van der Waals surface area (Å²) in [6.07, 6.45) is 10.2. The molecule has 0 radical (unpaired) electrons. The average Bonchev–Trinajstić information content (AvgIpc) is 3.60. The number of likely N-dealkylation sites (tertiary alicyclic amines) is 1. The third-order valence-corrected chi connectivity index (χ3v) is 11.8. The fourth-order valence-electron chi connectivity index (χ4n) is 9.27. The molecule has 0 amide bonds. The van der Waals surface area contributed by atoms with Gasteiger partial charge in [-0.2, -0.15) is 9.97 Å². The minimum absolute atomic E-state index is 0.0191. The van der Waals surface area contributed by atoms with Gasteiger partial charge in [0.05, 0.1) is 43.7 Å². The predicted molar refractivity (Wildman–Crippen MR) is 180 cm³/mol. The molecule has 3 unspecified atom stereocenters. The number of aryl methyl sites for hydroxylation is 1. The van der Waals surface area contributed by atoms with E-state index in [-0.39, 0.29) is 41.1 Å². The summed E-state index contributed by atoms with van der Waals surface area (Å²) in [6.45, 7) is 7.71. The summed E-state index contributed by atoms with van der Waals surface area (Å²) in [5, 5.41) is 15.2. The smallest absolute Gasteiger partial charge is 0.319 e. The number of terminal acetylenes is 1. The quantitative estimate of drug-likeness (QED) is 0.364. The van der Waals surface area contributed by atoms with Crippen LogP contribution in [0.15, 0.2) is 18.2 Å². The highest BCUT2D eigenvalue weighted by Gasteiger charge is 2.48. The maximum absolute atomic E-state index is 17.2. The number of hydrogen-bond acceptors (Lipinski definition) is 9. The van der Waals surface area contributed by atoms with E-state index in [9.17, 15) is 5.11 Å². The van der Waals surface area contributed by atoms with E-state index in [0.717, 1.165) is 64.0 Å². The molecule has 4 aliphatic heterocycles. The molecule has 2 aromatic carbocycles. The summed E-state index contributed by atoms with van der Waals surface area (Å²) in [6, 6.07) is 5.80. The van der Waals surface area contributed by atoms with Gasteiger partial charge in [-0.05, 0) is 74.3 Å². The summed E-state index contributed by atoms with van der Waals surface area (Å²) in [5.41, 5.74) is 2.67. The molecule has 5 heterocycles. The second kappa shape index (κ2) is 12.1. The van der Waals surface area contributed by atoms with Crippen LogP contribution >= 0.6 is 0 Å². The van der Waals surface area contributed by atoms with E-state index in [4.69, 9.17) is 30.6 Å². The monoisotopic (exact) mass is 671 g/mol. The molecule has 1 saturated carbocycles. The minimum Gasteiger partial charge on any atom is -0.463 e. The number of halogens is 2. The Labute approximate surface area is 285 Å². The molecule has 11 heteroatoms. The van der Waals surface area contributed by atoms with Crippen LogP contribution in [0.4, 0.5) is 14.6 Å². The molecule has 2 N–H and O–H groups in total. The van der Waals surface area contributed by atoms with Gasteiger partial charge in [0.25, 0.3) is 0 Å². The molecule has 3 aromatic rings. The Morgan fingerprint density at radius 1 is 1.06 bits per heavy atom. The van der Waals surface area contributed by atoms with Gasteiger partial charge in [-0.3, -0.25) is 4.90 Å². The zero-order chi connectivity index (χ0) is 33.4. The van der Waals surface area contributed by atoms with E-state index < -0.39 is 23.7 Å². The van der Waals surface area contributed by atoms with Crippen LogP contribution in [-0.4, -0.2) is 103 Å². The lowest BCUT2D eigenvalue weighted by Gasteiger charge is -2.35. The van der Waals surface area contributed by atoms with Gasteiger partial charge >= 0.3 is 6.01 Å². The molecular weight excluding hydrogens is 628 g/mol. The van der Waals surface area contributed by atoms with E-state index in [0.29, 0.717) is 66.2 Å². The van der Waals surface area contributed by atoms with Crippen LogP contribution in [0.1, 0.15) is 65.8 Å². The van der Waals surface area contributed by atoms with Crippen molar-refractivity contribution in [3.8, 4) is 18.4 Å². The van der Waals surface area contributed by atoms with E-state index in [1.54, 1.807) is 6.07 Å². The lowest BCUT2D eigenvalue weighted by Crippen LogP contribution is -2.51. The van der Waals surface area contributed by atoms with Gasteiger partial charge in [-0.25, -0.2) is 8.78 Å². The average molecular weight is 672 g/mol. The SMILES string of the molecule is C#Cc1c(F)ccc2c1C(c1c(C)cc3c(N4CC5CCC(C4)N5)nc(OCC4(CN5C[C@@H]6OCCO[C@@H]6C5)CC4)nc3c1F)C[C@H](O)C2. The number of anilines is 1. The molecule has 49 heavy (non-hydrogen) atoms. The van der Waals surface area contributed by atoms with Gasteiger partial charge in [0.2, 0.25) is 0 Å². The maximum atomic E-state index is 17.2. The van der Waals surface area contributed by atoms with Crippen molar-refractivity contribution in [2.75, 3.05) is 57.4 Å². The summed E-state index contributed by atoms with van der Waals surface area (Å²) >= 11 is 0. The molecule has 258 valence electrons. The molecule has 9 nitrogen and oxygen atoms in total. The fourth-order valence-corrected chi connectivity index (χ4v) is 9.27. The fraction of sp³-hybridized carbons (Fsp3) is 0.579. The Bertz CT molecular complexity index is 1820. The van der Waals surface area contributed by atoms with Crippen LogP contribution in [0.2, 0.25) is 0 Å². The number of hydrogen-bond donors (Lipinski definition) is 2. The number of rotatable bonds is 7. The van der Waals surface area contributed by atoms with Crippen LogP contribution in [-0.2, 0) is 15.9 Å². The third-order valence-electron chi connectivity index (χ3n) is 11.8. The van der Waals surface area contributed by atoms with Crippen LogP contribution in [0.3, 0.4) is 0 Å². The minimum atomic E-state index is -0.716. The number of aliphatic hydroxyl groups is 1. The van der Waals surface area contributed by atoms with Crippen molar-refractivity contribution in [2.24, 2.45) is 5.41 Å². The van der Waals surface area contributed by atoms with Crippen LogP contribution in [0.25, 0.3) is 10.9 Å². The molecule has 5 fully saturated rings. The molecule has 6 atom stereocenters. The zero-order valence-corrected chi connectivity index (χ0v) is 27.9. The third kappa shape index (κ3) is 5.66. The normalized spacial score (nSPS) is 30.2. The first-order valence-electron chi connectivity index (χ1n) is 17.8. The standard InChI is InChI=1S/C38H43F2N5O4/c1-3-26-29(39)7-4-22-13-25(46)14-27(33(22)26)32-21(2)12-28-35(34(32)40)42-37(43-36(28)45-15-23-5-6-24(16-45)41-23)49-20-38(8-9-38)19-44-17-30-31(18-44)48-11-10-47-30/h1,4,7,12,23-25,27,30-31,41,46H,5-6,8-11,13-20H2,2H3/t23?,24?,25-,27?,30-,31+/m1/s1. The Morgan fingerprint density at radius 2 is 1.80 bits per heavy atom. The first-order chi connectivity index (χ1) is 23.8. The molecule has 4 saturated heterocycles. The van der Waals surface area contributed by atoms with Crippen molar-refractivity contribution in [3.63, 3.8) is 0 Å². The summed E-state index contributed by atoms with van der Waals surface area (Å²) in [4.78, 5) is 14.4. The van der Waals surface area contributed by atoms with Gasteiger partial charge in [-0.1, -0.05) is 12.0 Å². The van der Waals surface area contributed by atoms with Crippen LogP contribution in [0, 0.1) is 36.3 Å². The van der Waals surface area contributed by atoms with Crippen molar-refractivity contribution in [1.29, 1.82) is 0 Å². The summed E-state index contributed by atoms with van der Waals surface area (Å²) in [5.74, 6) is 1.54. The zero-order valence-electron chi connectivity index (χ0n) is 27.9. The van der Waals surface area contributed by atoms with Gasteiger partial charge in [0.15, 0.2) is 5.82 Å². The lowest BCUT2D eigenvalue weighted by molar-refractivity contribution is -0.116. The molecule has 9 rings (SSSR count). The Kier molecular flexibility index (Phi) is 7.82. The number of piperazine rings is 1. The molecule has 0 spiro atoms. The van der Waals surface area contributed by atoms with Gasteiger partial charge in [-0.15, -0.1) is 6.42 Å². The lowest BCUT2D eigenvalue weighted by atomic mass is 9.74. The highest BCUT2D eigenvalue weighted by Crippen LogP contribution is 2.48. The molecule has 2 aliphatic carbocycles. The van der Waals surface area contributed by atoms with E-state index >= 15 is 8.78 Å². The largest absolute Gasteiger partial charge is 0.463 e. The topological polar surface area (TPSA) is 92.2 Å². The van der Waals surface area contributed by atoms with E-state index in [2.05, 4.69) is 21.0 Å². The highest BCUT2D eigenvalue weighted by atomic mass is 19.1. The molecule has 6 aliphatic rings. The number of fused-ring (bicyclic) bond motifs is 5. The Hall–Kier alpha value is -3.40. The number of benzene rings is 2. The summed E-state index contributed by atoms with van der Waals surface area (Å²) < 4.78 is 50.6. The first kappa shape index (κ1) is 31.6. The van der Waals surface area contributed by atoms with Gasteiger partial charge < -0.3 is 29.5 Å². The molecule has 1 aromatic heterocycles. The van der Waals surface area contributed by atoms with Crippen molar-refractivity contribution in [3.05, 3.63) is 57.7 Å². The van der Waals surface area contributed by atoms with Crippen LogP contribution < -0.4 is 15.0 Å². The number of ether oxygens (including phenoxy) is 3. The first-order valence-corrected chi connectivity index (χ1v) is 17.8. The highest BCUT2D eigenvalue weighted by molar-refractivity contribution is 5.92. The number of nitrogens with zero attached hydrogens (tertiary/aromatic N) is 4. The number of nitrogens with one attached hydrogen (secondary N) is 1. The Balaban J connectivity index is 1.08. The number of aliphatic hydroxyl groups excluding tert-OH is 1. The maximum Gasteiger partial charge on any atom is 0.319 e. The van der Waals surface area contributed by atoms with Gasteiger partial charge in [0, 0.05) is 67.1 Å². The van der Waals surface area contributed by atoms with Crippen molar-refractivity contribution in [2.45, 2.75) is 81.8 Å². The van der Waals surface area contributed by atoms with Crippen LogP contribution in [0.5, 0.6) is 6.01 Å². The molecule has 2 bridgehead atoms. The Morgan fingerprint density at radius 3 is 2.49 bits per heavy atom.